The van der Waals surface area contributed by atoms with Gasteiger partial charge in [-0.25, -0.2) is 4.79 Å². The van der Waals surface area contributed by atoms with E-state index in [1.807, 2.05) is 0 Å². The maximum atomic E-state index is 13.1. The zero-order chi connectivity index (χ0) is 21.6. The maximum absolute atomic E-state index is 13.1. The summed E-state index contributed by atoms with van der Waals surface area (Å²) in [4.78, 5) is 62.8. The number of rotatable bonds is 3. The molecule has 3 rings (SSSR count). The average molecular weight is 401 g/mol. The molecule has 2 aliphatic rings. The Labute approximate surface area is 167 Å². The Morgan fingerprint density at radius 2 is 1.90 bits per heavy atom. The minimum absolute atomic E-state index is 0.0215. The minimum Gasteiger partial charge on any atom is -0.444 e. The van der Waals surface area contributed by atoms with E-state index in [-0.39, 0.29) is 30.5 Å². The number of hydrogen-bond acceptors (Lipinski definition) is 6. The first kappa shape index (κ1) is 20.5. The number of nitrogens with zero attached hydrogens (tertiary/aromatic N) is 1. The third-order valence-electron chi connectivity index (χ3n) is 4.90. The highest BCUT2D eigenvalue weighted by Crippen LogP contribution is 2.35. The molecule has 5 amide bonds. The van der Waals surface area contributed by atoms with Gasteiger partial charge in [0.25, 0.3) is 17.7 Å². The Bertz CT molecular complexity index is 933. The molecule has 1 aromatic rings. The van der Waals surface area contributed by atoms with Crippen molar-refractivity contribution in [3.8, 4) is 0 Å². The van der Waals surface area contributed by atoms with Gasteiger partial charge >= 0.3 is 6.09 Å². The molecule has 0 saturated carbocycles. The van der Waals surface area contributed by atoms with E-state index in [2.05, 4.69) is 10.6 Å². The van der Waals surface area contributed by atoms with Crippen LogP contribution in [0, 0.1) is 0 Å². The lowest BCUT2D eigenvalue weighted by Gasteiger charge is -2.38. The monoisotopic (exact) mass is 401 g/mol. The van der Waals surface area contributed by atoms with Crippen molar-refractivity contribution in [2.24, 2.45) is 0 Å². The lowest BCUT2D eigenvalue weighted by atomic mass is 9.89. The topological polar surface area (TPSA) is 122 Å². The number of carbonyl (C=O) groups excluding carboxylic acids is 5. The smallest absolute Gasteiger partial charge is 0.407 e. The van der Waals surface area contributed by atoms with Crippen molar-refractivity contribution in [3.63, 3.8) is 0 Å². The van der Waals surface area contributed by atoms with Gasteiger partial charge < -0.3 is 10.1 Å². The van der Waals surface area contributed by atoms with E-state index in [0.29, 0.717) is 5.56 Å². The normalized spacial score (nSPS) is 21.7. The van der Waals surface area contributed by atoms with Crippen LogP contribution in [0.3, 0.4) is 0 Å². The molecule has 2 N–H and O–H groups in total. The number of imide groups is 2. The van der Waals surface area contributed by atoms with E-state index in [1.54, 1.807) is 32.9 Å². The molecule has 0 bridgehead atoms. The van der Waals surface area contributed by atoms with Crippen LogP contribution in [0.4, 0.5) is 4.79 Å². The van der Waals surface area contributed by atoms with E-state index in [9.17, 15) is 24.0 Å². The largest absolute Gasteiger partial charge is 0.444 e. The Balaban J connectivity index is 1.87. The third kappa shape index (κ3) is 3.72. The molecule has 1 fully saturated rings. The predicted octanol–water partition coefficient (Wildman–Crippen LogP) is 1.50. The summed E-state index contributed by atoms with van der Waals surface area (Å²) >= 11 is 0. The van der Waals surface area contributed by atoms with Crippen LogP contribution >= 0.6 is 0 Å². The lowest BCUT2D eigenvalue weighted by molar-refractivity contribution is -0.140. The Hall–Kier alpha value is -3.23. The summed E-state index contributed by atoms with van der Waals surface area (Å²) in [5, 5.41) is 4.77. The first-order valence-electron chi connectivity index (χ1n) is 9.26. The van der Waals surface area contributed by atoms with Crippen molar-refractivity contribution in [2.45, 2.75) is 58.2 Å². The maximum Gasteiger partial charge on any atom is 0.407 e. The molecule has 9 heteroatoms. The van der Waals surface area contributed by atoms with Crippen molar-refractivity contribution in [1.29, 1.82) is 0 Å². The average Bonchev–Trinajstić information content (AvgIpc) is 2.87. The van der Waals surface area contributed by atoms with Crippen molar-refractivity contribution in [3.05, 3.63) is 34.9 Å². The summed E-state index contributed by atoms with van der Waals surface area (Å²) in [6.07, 6.45) is -0.571. The van der Waals surface area contributed by atoms with Crippen LogP contribution in [0.25, 0.3) is 0 Å². The van der Waals surface area contributed by atoms with E-state index in [0.717, 1.165) is 4.90 Å². The van der Waals surface area contributed by atoms with E-state index in [4.69, 9.17) is 4.74 Å². The fourth-order valence-electron chi connectivity index (χ4n) is 3.44. The number of ether oxygens (including phenoxy) is 1. The molecular weight excluding hydrogens is 378 g/mol. The van der Waals surface area contributed by atoms with Crippen LogP contribution in [0.2, 0.25) is 0 Å². The van der Waals surface area contributed by atoms with Crippen LogP contribution in [0.5, 0.6) is 0 Å². The molecule has 0 radical (unpaired) electrons. The van der Waals surface area contributed by atoms with E-state index < -0.39 is 40.9 Å². The highest BCUT2D eigenvalue weighted by atomic mass is 16.6. The van der Waals surface area contributed by atoms with Gasteiger partial charge in [0, 0.05) is 13.0 Å². The first-order valence-corrected chi connectivity index (χ1v) is 9.26. The summed E-state index contributed by atoms with van der Waals surface area (Å²) in [6, 6.07) is 4.73. The van der Waals surface area contributed by atoms with Crippen molar-refractivity contribution in [2.75, 3.05) is 0 Å². The molecular formula is C20H23N3O6. The summed E-state index contributed by atoms with van der Waals surface area (Å²) in [5.41, 5.74) is -1.41. The zero-order valence-corrected chi connectivity index (χ0v) is 16.8. The Kier molecular flexibility index (Phi) is 4.94. The number of hydrogen-bond donors (Lipinski definition) is 2. The van der Waals surface area contributed by atoms with Crippen molar-refractivity contribution in [1.82, 2.24) is 15.5 Å². The fourth-order valence-corrected chi connectivity index (χ4v) is 3.44. The zero-order valence-electron chi connectivity index (χ0n) is 16.8. The Morgan fingerprint density at radius 1 is 1.21 bits per heavy atom. The third-order valence-corrected chi connectivity index (χ3v) is 4.90. The minimum atomic E-state index is -1.46. The molecule has 2 aliphatic heterocycles. The van der Waals surface area contributed by atoms with Gasteiger partial charge in [-0.05, 0) is 45.7 Å². The highest BCUT2D eigenvalue weighted by molar-refractivity contribution is 6.24. The molecule has 2 heterocycles. The molecule has 1 unspecified atom stereocenters. The van der Waals surface area contributed by atoms with Gasteiger partial charge in [0.05, 0.1) is 11.1 Å². The molecule has 0 aromatic heterocycles. The van der Waals surface area contributed by atoms with Crippen molar-refractivity contribution >= 4 is 29.7 Å². The summed E-state index contributed by atoms with van der Waals surface area (Å²) in [7, 11) is 0. The summed E-state index contributed by atoms with van der Waals surface area (Å²) in [5.74, 6) is -2.35. The van der Waals surface area contributed by atoms with Gasteiger partial charge in [-0.2, -0.15) is 0 Å². The predicted molar refractivity (Wildman–Crippen MR) is 101 cm³/mol. The fraction of sp³-hybridized carbons (Fsp3) is 0.450. The van der Waals surface area contributed by atoms with Gasteiger partial charge in [-0.3, -0.25) is 29.4 Å². The number of alkyl carbamates (subject to hydrolysis) is 1. The summed E-state index contributed by atoms with van der Waals surface area (Å²) < 4.78 is 5.19. The van der Waals surface area contributed by atoms with E-state index in [1.165, 1.54) is 13.0 Å². The second-order valence-electron chi connectivity index (χ2n) is 8.29. The lowest BCUT2D eigenvalue weighted by Crippen LogP contribution is -2.62. The number of carbonyl (C=O) groups is 5. The summed E-state index contributed by atoms with van der Waals surface area (Å²) in [6.45, 7) is 6.63. The quantitative estimate of drug-likeness (QED) is 0.740. The number of benzene rings is 1. The van der Waals surface area contributed by atoms with E-state index >= 15 is 0 Å². The Morgan fingerprint density at radius 3 is 2.52 bits per heavy atom. The van der Waals surface area contributed by atoms with Crippen LogP contribution in [-0.4, -0.2) is 45.8 Å². The molecule has 0 spiro atoms. The number of amides is 5. The second kappa shape index (κ2) is 6.98. The van der Waals surface area contributed by atoms with Crippen LogP contribution in [0.1, 0.15) is 66.8 Å². The second-order valence-corrected chi connectivity index (χ2v) is 8.29. The van der Waals surface area contributed by atoms with Gasteiger partial charge in [-0.1, -0.05) is 12.1 Å². The standard InChI is InChI=1S/C20H23N3O6/c1-19(2,3)29-18(28)21-10-11-6-5-7-12-14(11)16(26)23(15(12)25)20(4)9-8-13(24)22-17(20)27/h5-7H,8-10H2,1-4H3,(H,21,28)(H,22,24,27). The van der Waals surface area contributed by atoms with Gasteiger partial charge in [-0.15, -0.1) is 0 Å². The molecule has 1 saturated heterocycles. The SMILES string of the molecule is CC(C)(C)OC(=O)NCc1cccc2c1C(=O)N(C1(C)CCC(=O)NC1=O)C2=O. The molecule has 1 atom stereocenters. The van der Waals surface area contributed by atoms with Gasteiger partial charge in [0.15, 0.2) is 0 Å². The van der Waals surface area contributed by atoms with Gasteiger partial charge in [0.1, 0.15) is 11.1 Å². The molecule has 154 valence electrons. The molecule has 29 heavy (non-hydrogen) atoms. The highest BCUT2D eigenvalue weighted by Gasteiger charge is 2.53. The van der Waals surface area contributed by atoms with Crippen molar-refractivity contribution < 1.29 is 28.7 Å². The van der Waals surface area contributed by atoms with Crippen LogP contribution < -0.4 is 10.6 Å². The number of fused-ring (bicyclic) bond motifs is 1. The first-order chi connectivity index (χ1) is 13.4. The van der Waals surface area contributed by atoms with Gasteiger partial charge in [0.2, 0.25) is 5.91 Å². The van der Waals surface area contributed by atoms with Crippen LogP contribution in [-0.2, 0) is 20.9 Å². The number of piperidine rings is 1. The van der Waals surface area contributed by atoms with Crippen LogP contribution in [0.15, 0.2) is 18.2 Å². The number of nitrogens with one attached hydrogen (secondary N) is 2. The molecule has 0 aliphatic carbocycles. The molecule has 1 aromatic carbocycles. The molecule has 9 nitrogen and oxygen atoms in total.